The minimum Gasteiger partial charge on any atom is -0.444 e. The highest BCUT2D eigenvalue weighted by Crippen LogP contribution is 2.20. The molecule has 1 fully saturated rings. The monoisotopic (exact) mass is 551 g/mol. The summed E-state index contributed by atoms with van der Waals surface area (Å²) in [4.78, 5) is 55.0. The first-order valence-corrected chi connectivity index (χ1v) is 13.3. The van der Waals surface area contributed by atoms with Gasteiger partial charge in [0.1, 0.15) is 18.0 Å². The van der Waals surface area contributed by atoms with E-state index in [1.54, 1.807) is 56.9 Å². The maximum Gasteiger partial charge on any atom is 0.410 e. The fourth-order valence-corrected chi connectivity index (χ4v) is 4.57. The Hall–Kier alpha value is -4.28. The minimum absolute atomic E-state index is 0.0620. The van der Waals surface area contributed by atoms with Crippen LogP contribution in [0.15, 0.2) is 47.3 Å². The lowest BCUT2D eigenvalue weighted by atomic mass is 10.0. The van der Waals surface area contributed by atoms with Crippen molar-refractivity contribution in [2.45, 2.75) is 39.7 Å². The number of likely N-dealkylation sites (N-methyl/N-ethyl adjacent to an activating group) is 1. The summed E-state index contributed by atoms with van der Waals surface area (Å²) in [6.07, 6.45) is -0.260. The fourth-order valence-electron chi connectivity index (χ4n) is 4.57. The van der Waals surface area contributed by atoms with Gasteiger partial charge in [-0.15, -0.1) is 0 Å². The highest BCUT2D eigenvalue weighted by molar-refractivity contribution is 5.95. The molecular weight excluding hydrogens is 517 g/mol. The number of fused-ring (bicyclic) bond motifs is 1. The number of carbonyl (C=O) groups is 3. The molecule has 3 aromatic rings. The van der Waals surface area contributed by atoms with Gasteiger partial charge in [-0.3, -0.25) is 19.3 Å². The Morgan fingerprint density at radius 1 is 1.02 bits per heavy atom. The molecule has 3 amide bonds. The second-order valence-electron chi connectivity index (χ2n) is 10.7. The zero-order valence-electron chi connectivity index (χ0n) is 23.2. The number of benzene rings is 2. The quantitative estimate of drug-likeness (QED) is 0.503. The third kappa shape index (κ3) is 6.64. The summed E-state index contributed by atoms with van der Waals surface area (Å²) in [6, 6.07) is 11.5. The molecule has 1 aliphatic heterocycles. The maximum absolute atomic E-state index is 14.8. The first-order valence-electron chi connectivity index (χ1n) is 13.3. The van der Waals surface area contributed by atoms with Crippen LogP contribution in [-0.2, 0) is 16.0 Å². The normalized spacial score (nSPS) is 13.8. The molecule has 2 aromatic carbocycles. The number of H-pyrrole nitrogens is 1. The Balaban J connectivity index is 1.40. The van der Waals surface area contributed by atoms with Crippen molar-refractivity contribution in [3.8, 4) is 0 Å². The predicted octanol–water partition coefficient (Wildman–Crippen LogP) is 3.19. The molecule has 1 aliphatic rings. The number of aromatic nitrogens is 2. The molecule has 0 atom stereocenters. The molecule has 1 saturated heterocycles. The molecule has 0 unspecified atom stereocenters. The Kier molecular flexibility index (Phi) is 8.51. The second kappa shape index (κ2) is 11.8. The zero-order valence-corrected chi connectivity index (χ0v) is 23.2. The van der Waals surface area contributed by atoms with Crippen LogP contribution in [0.2, 0.25) is 0 Å². The van der Waals surface area contributed by atoms with E-state index in [9.17, 15) is 23.6 Å². The summed E-state index contributed by atoms with van der Waals surface area (Å²) in [6.45, 7) is 8.26. The predicted molar refractivity (Wildman–Crippen MR) is 148 cm³/mol. The van der Waals surface area contributed by atoms with Gasteiger partial charge in [0, 0.05) is 44.5 Å². The number of aromatic amines is 1. The van der Waals surface area contributed by atoms with Crippen LogP contribution in [0.5, 0.6) is 0 Å². The minimum atomic E-state index is -0.670. The van der Waals surface area contributed by atoms with Crippen LogP contribution in [0.3, 0.4) is 0 Å². The summed E-state index contributed by atoms with van der Waals surface area (Å²) >= 11 is 0. The molecule has 0 radical (unpaired) electrons. The lowest BCUT2D eigenvalue weighted by Gasteiger charge is -2.36. The number of piperazine rings is 1. The Labute approximate surface area is 231 Å². The molecule has 10 nitrogen and oxygen atoms in total. The third-order valence-electron chi connectivity index (χ3n) is 6.69. The number of ether oxygens (including phenoxy) is 1. The van der Waals surface area contributed by atoms with Gasteiger partial charge in [0.15, 0.2) is 0 Å². The van der Waals surface area contributed by atoms with Gasteiger partial charge in [-0.05, 0) is 51.5 Å². The fraction of sp³-hybridized carbons (Fsp3) is 0.414. The molecular formula is C29H34FN5O5. The van der Waals surface area contributed by atoms with Gasteiger partial charge in [-0.25, -0.2) is 14.3 Å². The molecule has 4 rings (SSSR count). The lowest BCUT2D eigenvalue weighted by molar-refractivity contribution is -0.133. The van der Waals surface area contributed by atoms with Crippen LogP contribution in [-0.4, -0.2) is 87.7 Å². The van der Waals surface area contributed by atoms with Crippen LogP contribution in [0, 0.1) is 5.82 Å². The Morgan fingerprint density at radius 3 is 2.33 bits per heavy atom. The van der Waals surface area contributed by atoms with Crippen molar-refractivity contribution in [2.24, 2.45) is 0 Å². The molecule has 0 spiro atoms. The topological polar surface area (TPSA) is 116 Å². The average molecular weight is 552 g/mol. The van der Waals surface area contributed by atoms with Crippen molar-refractivity contribution in [1.82, 2.24) is 24.9 Å². The third-order valence-corrected chi connectivity index (χ3v) is 6.69. The van der Waals surface area contributed by atoms with Crippen LogP contribution in [0.1, 0.15) is 49.3 Å². The number of halogens is 1. The van der Waals surface area contributed by atoms with Crippen molar-refractivity contribution >= 4 is 28.7 Å². The largest absolute Gasteiger partial charge is 0.444 e. The zero-order chi connectivity index (χ0) is 29.0. The van der Waals surface area contributed by atoms with E-state index < -0.39 is 23.4 Å². The van der Waals surface area contributed by atoms with Crippen molar-refractivity contribution in [3.63, 3.8) is 0 Å². The van der Waals surface area contributed by atoms with Gasteiger partial charge >= 0.3 is 6.09 Å². The summed E-state index contributed by atoms with van der Waals surface area (Å²) in [5.74, 6) is -1.34. The van der Waals surface area contributed by atoms with Crippen LogP contribution < -0.4 is 5.56 Å². The van der Waals surface area contributed by atoms with Crippen molar-refractivity contribution < 1.29 is 23.5 Å². The smallest absolute Gasteiger partial charge is 0.410 e. The number of rotatable bonds is 6. The number of nitrogens with zero attached hydrogens (tertiary/aromatic N) is 4. The van der Waals surface area contributed by atoms with Gasteiger partial charge in [0.05, 0.1) is 16.6 Å². The SMILES string of the molecule is CCN(CC(=O)N1CCN(C(=O)c2cc(Cc3n[nH]c(=O)c4ccccc34)ccc2F)CC1)C(=O)OC(C)(C)C. The maximum atomic E-state index is 14.8. The lowest BCUT2D eigenvalue weighted by Crippen LogP contribution is -2.53. The number of nitrogens with one attached hydrogen (secondary N) is 1. The summed E-state index contributed by atoms with van der Waals surface area (Å²) in [5.41, 5.74) is 0.258. The summed E-state index contributed by atoms with van der Waals surface area (Å²) in [5, 5.41) is 7.86. The molecule has 1 aromatic heterocycles. The molecule has 11 heteroatoms. The van der Waals surface area contributed by atoms with Crippen LogP contribution in [0.25, 0.3) is 10.8 Å². The summed E-state index contributed by atoms with van der Waals surface area (Å²) < 4.78 is 20.1. The van der Waals surface area contributed by atoms with Crippen molar-refractivity contribution in [2.75, 3.05) is 39.3 Å². The first kappa shape index (κ1) is 28.7. The summed E-state index contributed by atoms with van der Waals surface area (Å²) in [7, 11) is 0. The van der Waals surface area contributed by atoms with E-state index in [1.807, 2.05) is 6.07 Å². The molecule has 212 valence electrons. The molecule has 0 aliphatic carbocycles. The molecule has 2 heterocycles. The van der Waals surface area contributed by atoms with E-state index >= 15 is 0 Å². The molecule has 0 saturated carbocycles. The highest BCUT2D eigenvalue weighted by atomic mass is 19.1. The highest BCUT2D eigenvalue weighted by Gasteiger charge is 2.29. The number of hydrogen-bond donors (Lipinski definition) is 1. The van der Waals surface area contributed by atoms with Crippen LogP contribution >= 0.6 is 0 Å². The van der Waals surface area contributed by atoms with Crippen molar-refractivity contribution in [3.05, 3.63) is 75.5 Å². The molecule has 1 N–H and O–H groups in total. The van der Waals surface area contributed by atoms with E-state index in [4.69, 9.17) is 4.74 Å². The van der Waals surface area contributed by atoms with Gasteiger partial charge in [-0.1, -0.05) is 24.3 Å². The second-order valence-corrected chi connectivity index (χ2v) is 10.7. The van der Waals surface area contributed by atoms with Crippen molar-refractivity contribution in [1.29, 1.82) is 0 Å². The molecule has 40 heavy (non-hydrogen) atoms. The van der Waals surface area contributed by atoms with E-state index in [2.05, 4.69) is 10.2 Å². The van der Waals surface area contributed by atoms with Gasteiger partial charge in [0.2, 0.25) is 5.91 Å². The molecule has 0 bridgehead atoms. The first-order chi connectivity index (χ1) is 19.0. The number of amides is 3. The number of carbonyl (C=O) groups excluding carboxylic acids is 3. The van der Waals surface area contributed by atoms with Gasteiger partial charge in [0.25, 0.3) is 11.5 Å². The van der Waals surface area contributed by atoms with E-state index in [0.717, 1.165) is 0 Å². The van der Waals surface area contributed by atoms with E-state index in [0.29, 0.717) is 35.0 Å². The van der Waals surface area contributed by atoms with Crippen LogP contribution in [0.4, 0.5) is 9.18 Å². The number of hydrogen-bond acceptors (Lipinski definition) is 6. The van der Waals surface area contributed by atoms with Gasteiger partial charge in [-0.2, -0.15) is 5.10 Å². The average Bonchev–Trinajstić information content (AvgIpc) is 2.93. The van der Waals surface area contributed by atoms with E-state index in [1.165, 1.54) is 21.9 Å². The van der Waals surface area contributed by atoms with E-state index in [-0.39, 0.29) is 49.8 Å². The Morgan fingerprint density at radius 2 is 1.68 bits per heavy atom. The Bertz CT molecular complexity index is 1470. The van der Waals surface area contributed by atoms with Gasteiger partial charge < -0.3 is 14.5 Å². The standard InChI is InChI=1S/C29H34FN5O5/c1-5-33(28(39)40-29(2,3)4)18-25(36)34-12-14-35(15-13-34)27(38)22-16-19(10-11-23(22)30)17-24-20-8-6-7-9-21(20)26(37)32-31-24/h6-11,16H,5,12-15,17-18H2,1-4H3,(H,32,37).